The molecule has 0 bridgehead atoms. The molecule has 0 fully saturated rings. The molecule has 0 spiro atoms. The summed E-state index contributed by atoms with van der Waals surface area (Å²) in [6, 6.07) is 13.7. The molecule has 0 aliphatic carbocycles. The number of benzene rings is 2. The molecule has 0 amide bonds. The Morgan fingerprint density at radius 3 is 2.30 bits per heavy atom. The average Bonchev–Trinajstić information content (AvgIpc) is 2.39. The molecule has 104 valence electrons. The number of hydrogen-bond acceptors (Lipinski definition) is 2. The number of carboxylic acid groups (broad SMARTS) is 1. The van der Waals surface area contributed by atoms with Crippen LogP contribution in [0.3, 0.4) is 0 Å². The van der Waals surface area contributed by atoms with Gasteiger partial charge in [0.25, 0.3) is 0 Å². The molecule has 20 heavy (non-hydrogen) atoms. The zero-order valence-corrected chi connectivity index (χ0v) is 12.2. The van der Waals surface area contributed by atoms with Crippen molar-refractivity contribution in [2.24, 2.45) is 0 Å². The van der Waals surface area contributed by atoms with Crippen LogP contribution in [0.1, 0.15) is 21.5 Å². The molecule has 2 rings (SSSR count). The van der Waals surface area contributed by atoms with Crippen LogP contribution in [-0.2, 0) is 22.3 Å². The Bertz CT molecular complexity index is 638. The van der Waals surface area contributed by atoms with Crippen molar-refractivity contribution in [1.29, 1.82) is 0 Å². The maximum Gasteiger partial charge on any atom is 0.335 e. The molecular weight excluding hydrogens is 296 g/mol. The standard InChI is InChI=1S/C15H13ClO3S/c16-14-3-1-2-12(8-14)10-20(19)9-11-4-6-13(7-5-11)15(17)18/h1-8H,9-10H2,(H,17,18). The molecule has 1 atom stereocenters. The smallest absolute Gasteiger partial charge is 0.335 e. The number of halogens is 1. The molecule has 2 aromatic rings. The highest BCUT2D eigenvalue weighted by Gasteiger charge is 2.06. The topological polar surface area (TPSA) is 54.4 Å². The van der Waals surface area contributed by atoms with E-state index in [4.69, 9.17) is 16.7 Å². The van der Waals surface area contributed by atoms with E-state index in [1.165, 1.54) is 12.1 Å². The number of carbonyl (C=O) groups is 1. The second-order valence-electron chi connectivity index (χ2n) is 4.36. The Morgan fingerprint density at radius 1 is 1.05 bits per heavy atom. The minimum Gasteiger partial charge on any atom is -0.478 e. The lowest BCUT2D eigenvalue weighted by Crippen LogP contribution is -2.01. The molecule has 0 saturated carbocycles. The van der Waals surface area contributed by atoms with Gasteiger partial charge >= 0.3 is 5.97 Å². The fraction of sp³-hybridized carbons (Fsp3) is 0.133. The molecule has 0 aliphatic heterocycles. The first kappa shape index (κ1) is 14.8. The van der Waals surface area contributed by atoms with Crippen molar-refractivity contribution in [1.82, 2.24) is 0 Å². The maximum absolute atomic E-state index is 12.1. The highest BCUT2D eigenvalue weighted by molar-refractivity contribution is 7.83. The van der Waals surface area contributed by atoms with Gasteiger partial charge in [0.05, 0.1) is 5.56 Å². The minimum absolute atomic E-state index is 0.231. The summed E-state index contributed by atoms with van der Waals surface area (Å²) in [7, 11) is -1.05. The molecule has 0 aromatic heterocycles. The Labute approximate surface area is 124 Å². The highest BCUT2D eigenvalue weighted by Crippen LogP contribution is 2.14. The minimum atomic E-state index is -1.05. The van der Waals surface area contributed by atoms with Crippen molar-refractivity contribution < 1.29 is 14.1 Å². The number of carboxylic acids is 1. The molecule has 0 radical (unpaired) electrons. The van der Waals surface area contributed by atoms with Crippen molar-refractivity contribution in [2.75, 3.05) is 0 Å². The molecule has 0 heterocycles. The van der Waals surface area contributed by atoms with Gasteiger partial charge < -0.3 is 5.11 Å². The van der Waals surface area contributed by atoms with Gasteiger partial charge in [-0.25, -0.2) is 4.79 Å². The zero-order valence-electron chi connectivity index (χ0n) is 10.6. The molecule has 3 nitrogen and oxygen atoms in total. The number of hydrogen-bond donors (Lipinski definition) is 1. The van der Waals surface area contributed by atoms with Crippen molar-refractivity contribution in [2.45, 2.75) is 11.5 Å². The highest BCUT2D eigenvalue weighted by atomic mass is 35.5. The summed E-state index contributed by atoms with van der Waals surface area (Å²) in [5.41, 5.74) is 2.02. The number of aromatic carboxylic acids is 1. The molecule has 0 saturated heterocycles. The summed E-state index contributed by atoms with van der Waals surface area (Å²) < 4.78 is 12.1. The van der Waals surface area contributed by atoms with Gasteiger partial charge in [0.2, 0.25) is 0 Å². The molecule has 0 aliphatic rings. The van der Waals surface area contributed by atoms with Crippen LogP contribution in [0.15, 0.2) is 48.5 Å². The average molecular weight is 309 g/mol. The zero-order chi connectivity index (χ0) is 14.5. The number of rotatable bonds is 5. The Morgan fingerprint density at radius 2 is 1.70 bits per heavy atom. The Kier molecular flexibility index (Phi) is 4.93. The van der Waals surface area contributed by atoms with Crippen molar-refractivity contribution in [3.8, 4) is 0 Å². The second-order valence-corrected chi connectivity index (χ2v) is 6.25. The van der Waals surface area contributed by atoms with E-state index in [1.807, 2.05) is 12.1 Å². The van der Waals surface area contributed by atoms with Gasteiger partial charge in [0.1, 0.15) is 0 Å². The largest absolute Gasteiger partial charge is 0.478 e. The van der Waals surface area contributed by atoms with E-state index in [1.54, 1.807) is 24.3 Å². The lowest BCUT2D eigenvalue weighted by Gasteiger charge is -2.04. The van der Waals surface area contributed by atoms with Crippen LogP contribution >= 0.6 is 11.6 Å². The van der Waals surface area contributed by atoms with Gasteiger partial charge in [-0.2, -0.15) is 0 Å². The van der Waals surface area contributed by atoms with Crippen LogP contribution in [-0.4, -0.2) is 15.3 Å². The van der Waals surface area contributed by atoms with Gasteiger partial charge in [-0.3, -0.25) is 4.21 Å². The predicted molar refractivity (Wildman–Crippen MR) is 80.4 cm³/mol. The lowest BCUT2D eigenvalue weighted by atomic mass is 10.1. The first-order valence-corrected chi connectivity index (χ1v) is 7.83. The van der Waals surface area contributed by atoms with E-state index in [0.717, 1.165) is 11.1 Å². The quantitative estimate of drug-likeness (QED) is 0.920. The summed E-state index contributed by atoms with van der Waals surface area (Å²) in [6.45, 7) is 0. The summed E-state index contributed by atoms with van der Waals surface area (Å²) >= 11 is 5.88. The third-order valence-electron chi connectivity index (χ3n) is 2.75. The summed E-state index contributed by atoms with van der Waals surface area (Å²) in [5.74, 6) is -0.134. The van der Waals surface area contributed by atoms with Crippen molar-refractivity contribution in [3.05, 3.63) is 70.2 Å². The predicted octanol–water partition coefficient (Wildman–Crippen LogP) is 3.49. The normalized spacial score (nSPS) is 12.1. The maximum atomic E-state index is 12.1. The summed E-state index contributed by atoms with van der Waals surface area (Å²) in [4.78, 5) is 10.7. The van der Waals surface area contributed by atoms with E-state index < -0.39 is 16.8 Å². The summed E-state index contributed by atoms with van der Waals surface area (Å²) in [5, 5.41) is 9.44. The van der Waals surface area contributed by atoms with E-state index in [-0.39, 0.29) is 5.56 Å². The van der Waals surface area contributed by atoms with Crippen LogP contribution in [0.25, 0.3) is 0 Å². The summed E-state index contributed by atoms with van der Waals surface area (Å²) in [6.07, 6.45) is 0. The second kappa shape index (κ2) is 6.68. The van der Waals surface area contributed by atoms with Gasteiger partial charge in [-0.1, -0.05) is 35.9 Å². The van der Waals surface area contributed by atoms with Gasteiger partial charge in [-0.05, 0) is 35.4 Å². The van der Waals surface area contributed by atoms with E-state index in [0.29, 0.717) is 16.5 Å². The SMILES string of the molecule is O=C(O)c1ccc(CS(=O)Cc2cccc(Cl)c2)cc1. The molecule has 5 heteroatoms. The van der Waals surface area contributed by atoms with Crippen LogP contribution in [0.4, 0.5) is 0 Å². The fourth-order valence-electron chi connectivity index (χ4n) is 1.79. The van der Waals surface area contributed by atoms with E-state index in [9.17, 15) is 9.00 Å². The molecular formula is C15H13ClO3S. The third kappa shape index (κ3) is 4.18. The first-order valence-electron chi connectivity index (χ1n) is 5.96. The lowest BCUT2D eigenvalue weighted by molar-refractivity contribution is 0.0697. The fourth-order valence-corrected chi connectivity index (χ4v) is 3.22. The van der Waals surface area contributed by atoms with Crippen molar-refractivity contribution >= 4 is 28.4 Å². The van der Waals surface area contributed by atoms with Crippen LogP contribution in [0.2, 0.25) is 5.02 Å². The molecule has 1 unspecified atom stereocenters. The molecule has 2 aromatic carbocycles. The Hall–Kier alpha value is -1.65. The molecule has 1 N–H and O–H groups in total. The van der Waals surface area contributed by atoms with Gasteiger partial charge in [0.15, 0.2) is 0 Å². The van der Waals surface area contributed by atoms with E-state index in [2.05, 4.69) is 0 Å². The van der Waals surface area contributed by atoms with Gasteiger partial charge in [0, 0.05) is 27.3 Å². The monoisotopic (exact) mass is 308 g/mol. The Balaban J connectivity index is 1.99. The van der Waals surface area contributed by atoms with E-state index >= 15 is 0 Å². The van der Waals surface area contributed by atoms with Crippen LogP contribution < -0.4 is 0 Å². The van der Waals surface area contributed by atoms with Crippen molar-refractivity contribution in [3.63, 3.8) is 0 Å². The third-order valence-corrected chi connectivity index (χ3v) is 4.29. The first-order chi connectivity index (χ1) is 9.54. The van der Waals surface area contributed by atoms with Gasteiger partial charge in [-0.15, -0.1) is 0 Å². The van der Waals surface area contributed by atoms with Crippen LogP contribution in [0.5, 0.6) is 0 Å². The van der Waals surface area contributed by atoms with Crippen LogP contribution in [0, 0.1) is 0 Å².